The zero-order valence-corrected chi connectivity index (χ0v) is 13.4. The molecule has 0 saturated carbocycles. The number of carboxylic acids is 1. The number of hydrogen-bond acceptors (Lipinski definition) is 3. The molecule has 1 rings (SSSR count). The van der Waals surface area contributed by atoms with Gasteiger partial charge >= 0.3 is 5.97 Å². The lowest BCUT2D eigenvalue weighted by atomic mass is 10.1. The van der Waals surface area contributed by atoms with E-state index >= 15 is 0 Å². The monoisotopic (exact) mass is 295 g/mol. The second-order valence-corrected chi connectivity index (χ2v) is 7.02. The van der Waals surface area contributed by atoms with Crippen molar-refractivity contribution in [1.29, 1.82) is 0 Å². The van der Waals surface area contributed by atoms with E-state index in [9.17, 15) is 9.59 Å². The molecule has 0 spiro atoms. The zero-order chi connectivity index (χ0) is 15.5. The molecule has 110 valence electrons. The molecule has 0 aliphatic rings. The molecule has 0 aromatic heterocycles. The first kappa shape index (κ1) is 16.6. The summed E-state index contributed by atoms with van der Waals surface area (Å²) in [6.07, 6.45) is 0. The van der Waals surface area contributed by atoms with Crippen molar-refractivity contribution in [3.63, 3.8) is 0 Å². The summed E-state index contributed by atoms with van der Waals surface area (Å²) < 4.78 is -0.964. The zero-order valence-electron chi connectivity index (χ0n) is 12.5. The predicted octanol–water partition coefficient (Wildman–Crippen LogP) is 3.15. The normalized spacial score (nSPS) is 11.2. The average molecular weight is 295 g/mol. The molecular formula is C15H21NO3S. The minimum Gasteiger partial charge on any atom is -0.480 e. The van der Waals surface area contributed by atoms with Gasteiger partial charge in [-0.1, -0.05) is 17.7 Å². The van der Waals surface area contributed by atoms with Crippen molar-refractivity contribution >= 4 is 29.3 Å². The van der Waals surface area contributed by atoms with Gasteiger partial charge in [0.05, 0.1) is 5.75 Å². The van der Waals surface area contributed by atoms with Crippen LogP contribution >= 0.6 is 11.8 Å². The standard InChI is InChI=1S/C15H21NO3S/c1-9-6-10(2)13(11(3)7-9)16-12(17)8-20-15(4,5)14(18)19/h6-7H,8H2,1-5H3,(H,16,17)(H,18,19). The molecule has 0 radical (unpaired) electrons. The van der Waals surface area contributed by atoms with E-state index in [1.165, 1.54) is 0 Å². The van der Waals surface area contributed by atoms with Gasteiger partial charge in [0.15, 0.2) is 0 Å². The number of hydrogen-bond donors (Lipinski definition) is 2. The number of nitrogens with one attached hydrogen (secondary N) is 1. The Kier molecular flexibility index (Phi) is 5.22. The van der Waals surface area contributed by atoms with Gasteiger partial charge in [0.1, 0.15) is 4.75 Å². The number of aliphatic carboxylic acids is 1. The number of benzene rings is 1. The van der Waals surface area contributed by atoms with Crippen molar-refractivity contribution in [1.82, 2.24) is 0 Å². The van der Waals surface area contributed by atoms with E-state index < -0.39 is 10.7 Å². The Morgan fingerprint density at radius 3 is 2.15 bits per heavy atom. The van der Waals surface area contributed by atoms with Crippen LogP contribution in [0.5, 0.6) is 0 Å². The summed E-state index contributed by atoms with van der Waals surface area (Å²) in [6, 6.07) is 4.02. The molecule has 0 aliphatic heterocycles. The number of carboxylic acid groups (broad SMARTS) is 1. The van der Waals surface area contributed by atoms with Gasteiger partial charge in [0.25, 0.3) is 0 Å². The molecule has 0 fully saturated rings. The second-order valence-electron chi connectivity index (χ2n) is 5.43. The molecule has 0 bridgehead atoms. The molecule has 0 aliphatic carbocycles. The first-order chi connectivity index (χ1) is 9.13. The third kappa shape index (κ3) is 4.27. The summed E-state index contributed by atoms with van der Waals surface area (Å²) >= 11 is 1.12. The van der Waals surface area contributed by atoms with Crippen LogP contribution in [0.15, 0.2) is 12.1 Å². The maximum absolute atomic E-state index is 11.9. The number of carbonyl (C=O) groups is 2. The Hall–Kier alpha value is -1.49. The lowest BCUT2D eigenvalue weighted by Crippen LogP contribution is -2.29. The smallest absolute Gasteiger partial charge is 0.319 e. The van der Waals surface area contributed by atoms with Crippen molar-refractivity contribution in [2.45, 2.75) is 39.4 Å². The van der Waals surface area contributed by atoms with Gasteiger partial charge in [-0.3, -0.25) is 9.59 Å². The van der Waals surface area contributed by atoms with Crippen LogP contribution in [0.4, 0.5) is 5.69 Å². The van der Waals surface area contributed by atoms with Gasteiger partial charge < -0.3 is 10.4 Å². The highest BCUT2D eigenvalue weighted by molar-refractivity contribution is 8.02. The fourth-order valence-corrected chi connectivity index (χ4v) is 2.55. The molecule has 20 heavy (non-hydrogen) atoms. The van der Waals surface area contributed by atoms with Crippen molar-refractivity contribution in [2.24, 2.45) is 0 Å². The Labute approximate surface area is 124 Å². The van der Waals surface area contributed by atoms with Crippen LogP contribution in [0.2, 0.25) is 0 Å². The first-order valence-electron chi connectivity index (χ1n) is 6.38. The lowest BCUT2D eigenvalue weighted by Gasteiger charge is -2.18. The number of anilines is 1. The molecule has 0 heterocycles. The van der Waals surface area contributed by atoms with Gasteiger partial charge in [0, 0.05) is 5.69 Å². The van der Waals surface area contributed by atoms with Gasteiger partial charge in [-0.05, 0) is 45.7 Å². The van der Waals surface area contributed by atoms with Crippen molar-refractivity contribution in [3.05, 3.63) is 28.8 Å². The minimum atomic E-state index is -0.964. The number of thioether (sulfide) groups is 1. The van der Waals surface area contributed by atoms with Crippen LogP contribution in [0, 0.1) is 20.8 Å². The van der Waals surface area contributed by atoms with E-state index in [0.29, 0.717) is 0 Å². The van der Waals surface area contributed by atoms with Crippen molar-refractivity contribution < 1.29 is 14.7 Å². The Morgan fingerprint density at radius 1 is 1.20 bits per heavy atom. The molecular weight excluding hydrogens is 274 g/mol. The third-order valence-corrected chi connectivity index (χ3v) is 4.32. The summed E-state index contributed by atoms with van der Waals surface area (Å²) in [5.41, 5.74) is 3.99. The Bertz CT molecular complexity index is 515. The predicted molar refractivity (Wildman–Crippen MR) is 83.5 cm³/mol. The second kappa shape index (κ2) is 6.31. The minimum absolute atomic E-state index is 0.117. The van der Waals surface area contributed by atoms with Gasteiger partial charge in [-0.25, -0.2) is 0 Å². The third-order valence-electron chi connectivity index (χ3n) is 3.02. The maximum Gasteiger partial charge on any atom is 0.319 e. The van der Waals surface area contributed by atoms with E-state index in [-0.39, 0.29) is 11.7 Å². The van der Waals surface area contributed by atoms with E-state index in [0.717, 1.165) is 34.1 Å². The fraction of sp³-hybridized carbons (Fsp3) is 0.467. The summed E-state index contributed by atoms with van der Waals surface area (Å²) in [5, 5.41) is 11.9. The van der Waals surface area contributed by atoms with Gasteiger partial charge in [-0.2, -0.15) is 0 Å². The first-order valence-corrected chi connectivity index (χ1v) is 7.37. The quantitative estimate of drug-likeness (QED) is 0.875. The highest BCUT2D eigenvalue weighted by Crippen LogP contribution is 2.26. The van der Waals surface area contributed by atoms with E-state index in [2.05, 4.69) is 5.32 Å². The highest BCUT2D eigenvalue weighted by Gasteiger charge is 2.28. The summed E-state index contributed by atoms with van der Waals surface area (Å²) in [5.74, 6) is -0.983. The number of rotatable bonds is 5. The average Bonchev–Trinajstić information content (AvgIpc) is 2.31. The molecule has 1 amide bonds. The lowest BCUT2D eigenvalue weighted by molar-refractivity contribution is -0.138. The van der Waals surface area contributed by atoms with Crippen LogP contribution in [0.25, 0.3) is 0 Å². The van der Waals surface area contributed by atoms with Crippen LogP contribution in [0.3, 0.4) is 0 Å². The SMILES string of the molecule is Cc1cc(C)c(NC(=O)CSC(C)(C)C(=O)O)c(C)c1. The van der Waals surface area contributed by atoms with Crippen LogP contribution in [0.1, 0.15) is 30.5 Å². The number of amides is 1. The van der Waals surface area contributed by atoms with Gasteiger partial charge in [-0.15, -0.1) is 11.8 Å². The summed E-state index contributed by atoms with van der Waals surface area (Å²) in [4.78, 5) is 22.9. The van der Waals surface area contributed by atoms with Crippen molar-refractivity contribution in [2.75, 3.05) is 11.1 Å². The van der Waals surface area contributed by atoms with Crippen LogP contribution in [-0.4, -0.2) is 27.5 Å². The van der Waals surface area contributed by atoms with E-state index in [4.69, 9.17) is 5.11 Å². The molecule has 1 aromatic rings. The van der Waals surface area contributed by atoms with E-state index in [1.54, 1.807) is 13.8 Å². The molecule has 2 N–H and O–H groups in total. The number of aryl methyl sites for hydroxylation is 3. The number of carbonyl (C=O) groups excluding carboxylic acids is 1. The fourth-order valence-electron chi connectivity index (χ4n) is 1.86. The summed E-state index contributed by atoms with van der Waals surface area (Å²) in [7, 11) is 0. The molecule has 4 nitrogen and oxygen atoms in total. The Balaban J connectivity index is 2.71. The highest BCUT2D eigenvalue weighted by atomic mass is 32.2. The molecule has 0 saturated heterocycles. The van der Waals surface area contributed by atoms with Gasteiger partial charge in [0.2, 0.25) is 5.91 Å². The molecule has 1 aromatic carbocycles. The Morgan fingerprint density at radius 2 is 1.70 bits per heavy atom. The molecule has 0 unspecified atom stereocenters. The van der Waals surface area contributed by atoms with Crippen LogP contribution in [-0.2, 0) is 9.59 Å². The topological polar surface area (TPSA) is 66.4 Å². The maximum atomic E-state index is 11.9. The molecule has 5 heteroatoms. The molecule has 0 atom stereocenters. The van der Waals surface area contributed by atoms with Crippen molar-refractivity contribution in [3.8, 4) is 0 Å². The van der Waals surface area contributed by atoms with Crippen LogP contribution < -0.4 is 5.32 Å². The largest absolute Gasteiger partial charge is 0.480 e. The van der Waals surface area contributed by atoms with E-state index in [1.807, 2.05) is 32.9 Å². The summed E-state index contributed by atoms with van der Waals surface area (Å²) in [6.45, 7) is 9.09.